The van der Waals surface area contributed by atoms with Crippen molar-refractivity contribution in [3.63, 3.8) is 0 Å². The molecule has 0 fully saturated rings. The van der Waals surface area contributed by atoms with Crippen LogP contribution < -0.4 is 10.6 Å². The number of alkyl carbamates (subject to hydrolysis) is 1. The van der Waals surface area contributed by atoms with E-state index < -0.39 is 27.9 Å². The quantitative estimate of drug-likeness (QED) is 0.270. The Balaban J connectivity index is 1.35. The zero-order valence-corrected chi connectivity index (χ0v) is 25.9. The number of sulfonamides is 1. The highest BCUT2D eigenvalue weighted by atomic mass is 32.2. The predicted octanol–water partition coefficient (Wildman–Crippen LogP) is 4.88. The Hall–Kier alpha value is -4.36. The molecule has 0 bridgehead atoms. The molecule has 5 rings (SSSR count). The predicted molar refractivity (Wildman–Crippen MR) is 168 cm³/mol. The average molecular weight is 633 g/mol. The molecule has 0 saturated carbocycles. The topological polar surface area (TPSA) is 125 Å². The highest BCUT2D eigenvalue weighted by Gasteiger charge is 2.30. The van der Waals surface area contributed by atoms with Crippen molar-refractivity contribution >= 4 is 44.3 Å². The first-order valence-corrected chi connectivity index (χ1v) is 16.1. The number of hydrogen-bond acceptors (Lipinski definition) is 8. The molecule has 0 aliphatic carbocycles. The van der Waals surface area contributed by atoms with Gasteiger partial charge in [-0.15, -0.1) is 11.3 Å². The SMILES string of the molecule is COC(=O)NC(=O)c1c(NC(=O)c2ccc(S(=O)(=O)N(C)Cc3ccccc3)cc2)sc2c1CCN(Cc1ccccc1)C2. The number of imide groups is 1. The Morgan fingerprint density at radius 3 is 2.18 bits per heavy atom. The summed E-state index contributed by atoms with van der Waals surface area (Å²) in [6.45, 7) is 2.21. The van der Waals surface area contributed by atoms with Crippen molar-refractivity contribution in [2.45, 2.75) is 31.0 Å². The molecule has 12 heteroatoms. The van der Waals surface area contributed by atoms with Gasteiger partial charge >= 0.3 is 6.09 Å². The van der Waals surface area contributed by atoms with Gasteiger partial charge in [-0.1, -0.05) is 60.7 Å². The van der Waals surface area contributed by atoms with Gasteiger partial charge in [0.25, 0.3) is 11.8 Å². The normalized spacial score (nSPS) is 13.2. The van der Waals surface area contributed by atoms with E-state index in [-0.39, 0.29) is 22.6 Å². The molecule has 1 aromatic heterocycles. The van der Waals surface area contributed by atoms with E-state index in [1.807, 2.05) is 48.5 Å². The van der Waals surface area contributed by atoms with Crippen LogP contribution in [0, 0.1) is 0 Å². The van der Waals surface area contributed by atoms with Gasteiger partial charge < -0.3 is 10.1 Å². The van der Waals surface area contributed by atoms with Crippen LogP contribution in [0.4, 0.5) is 9.80 Å². The number of rotatable bonds is 9. The molecule has 0 unspecified atom stereocenters. The van der Waals surface area contributed by atoms with Gasteiger partial charge in [0.15, 0.2) is 0 Å². The number of ether oxygens (including phenoxy) is 1. The van der Waals surface area contributed by atoms with Gasteiger partial charge in [0, 0.05) is 43.7 Å². The van der Waals surface area contributed by atoms with Crippen LogP contribution in [0.1, 0.15) is 42.3 Å². The van der Waals surface area contributed by atoms with E-state index in [1.54, 1.807) is 0 Å². The Bertz CT molecular complexity index is 1760. The van der Waals surface area contributed by atoms with E-state index >= 15 is 0 Å². The zero-order chi connectivity index (χ0) is 31.3. The van der Waals surface area contributed by atoms with Gasteiger partial charge in [0.2, 0.25) is 10.0 Å². The Labute approximate surface area is 260 Å². The van der Waals surface area contributed by atoms with E-state index in [0.29, 0.717) is 24.5 Å². The minimum atomic E-state index is -3.80. The zero-order valence-electron chi connectivity index (χ0n) is 24.3. The smallest absolute Gasteiger partial charge is 0.413 e. The number of carbonyl (C=O) groups is 3. The van der Waals surface area contributed by atoms with Gasteiger partial charge in [-0.2, -0.15) is 4.31 Å². The maximum atomic E-state index is 13.3. The first kappa shape index (κ1) is 31.1. The Kier molecular flexibility index (Phi) is 9.55. The lowest BCUT2D eigenvalue weighted by molar-refractivity contribution is 0.0936. The van der Waals surface area contributed by atoms with Gasteiger partial charge in [0.05, 0.1) is 17.6 Å². The summed E-state index contributed by atoms with van der Waals surface area (Å²) in [4.78, 5) is 41.6. The molecule has 228 valence electrons. The van der Waals surface area contributed by atoms with Crippen molar-refractivity contribution in [3.05, 3.63) is 118 Å². The van der Waals surface area contributed by atoms with Crippen molar-refractivity contribution in [1.29, 1.82) is 0 Å². The second-order valence-corrected chi connectivity index (χ2v) is 13.5. The third kappa shape index (κ3) is 7.05. The number of nitrogens with one attached hydrogen (secondary N) is 2. The number of carbonyl (C=O) groups excluding carboxylic acids is 3. The maximum Gasteiger partial charge on any atom is 0.413 e. The standard InChI is InChI=1S/C32H32N4O6S2/c1-35(19-22-9-5-3-6-10-22)44(40,41)25-15-13-24(14-16-25)29(37)33-31-28(30(38)34-32(39)42-2)26-17-18-36(21-27(26)43-31)20-23-11-7-4-8-12-23/h3-16H,17-21H2,1-2H3,(H,33,37)(H,34,38,39). The lowest BCUT2D eigenvalue weighted by Gasteiger charge is -2.27. The fourth-order valence-corrected chi connectivity index (χ4v) is 7.47. The van der Waals surface area contributed by atoms with E-state index in [0.717, 1.165) is 22.5 Å². The van der Waals surface area contributed by atoms with Gasteiger partial charge in [0.1, 0.15) is 5.00 Å². The van der Waals surface area contributed by atoms with E-state index in [1.165, 1.54) is 59.6 Å². The number of anilines is 1. The highest BCUT2D eigenvalue weighted by molar-refractivity contribution is 7.89. The molecule has 1 aliphatic heterocycles. The van der Waals surface area contributed by atoms with E-state index in [2.05, 4.69) is 32.4 Å². The Morgan fingerprint density at radius 1 is 0.909 bits per heavy atom. The molecule has 3 amide bonds. The molecular formula is C32H32N4O6S2. The molecule has 0 saturated heterocycles. The first-order valence-electron chi connectivity index (χ1n) is 13.9. The highest BCUT2D eigenvalue weighted by Crippen LogP contribution is 2.38. The number of thiophene rings is 1. The van der Waals surface area contributed by atoms with Crippen LogP contribution in [0.5, 0.6) is 0 Å². The molecule has 0 atom stereocenters. The maximum absolute atomic E-state index is 13.3. The largest absolute Gasteiger partial charge is 0.453 e. The van der Waals surface area contributed by atoms with Crippen LogP contribution in [0.15, 0.2) is 89.8 Å². The summed E-state index contributed by atoms with van der Waals surface area (Å²) in [5.74, 6) is -1.18. The molecule has 1 aliphatic rings. The molecular weight excluding hydrogens is 601 g/mol. The molecule has 2 N–H and O–H groups in total. The summed E-state index contributed by atoms with van der Waals surface area (Å²) >= 11 is 1.29. The summed E-state index contributed by atoms with van der Waals surface area (Å²) in [5.41, 5.74) is 3.24. The minimum Gasteiger partial charge on any atom is -0.453 e. The lowest BCUT2D eigenvalue weighted by atomic mass is 10.0. The Morgan fingerprint density at radius 2 is 1.55 bits per heavy atom. The van der Waals surface area contributed by atoms with Crippen molar-refractivity contribution in [1.82, 2.24) is 14.5 Å². The lowest BCUT2D eigenvalue weighted by Crippen LogP contribution is -2.33. The van der Waals surface area contributed by atoms with E-state index in [9.17, 15) is 22.8 Å². The molecule has 0 spiro atoms. The summed E-state index contributed by atoms with van der Waals surface area (Å²) in [6.07, 6.45) is -0.343. The average Bonchev–Trinajstić information content (AvgIpc) is 3.39. The molecule has 4 aromatic rings. The van der Waals surface area contributed by atoms with Crippen LogP contribution in [-0.2, 0) is 40.8 Å². The summed E-state index contributed by atoms with van der Waals surface area (Å²) in [7, 11) is -1.13. The molecule has 3 aromatic carbocycles. The van der Waals surface area contributed by atoms with Crippen LogP contribution >= 0.6 is 11.3 Å². The van der Waals surface area contributed by atoms with E-state index in [4.69, 9.17) is 0 Å². The number of nitrogens with zero attached hydrogens (tertiary/aromatic N) is 2. The van der Waals surface area contributed by atoms with Gasteiger partial charge in [-0.3, -0.25) is 19.8 Å². The minimum absolute atomic E-state index is 0.0516. The van der Waals surface area contributed by atoms with Crippen LogP contribution in [-0.4, -0.2) is 56.2 Å². The second kappa shape index (κ2) is 13.5. The van der Waals surface area contributed by atoms with Gasteiger partial charge in [-0.25, -0.2) is 13.2 Å². The fourth-order valence-electron chi connectivity index (χ4n) is 5.03. The van der Waals surface area contributed by atoms with Crippen molar-refractivity contribution < 1.29 is 27.5 Å². The monoisotopic (exact) mass is 632 g/mol. The number of hydrogen-bond donors (Lipinski definition) is 2. The number of benzene rings is 3. The summed E-state index contributed by atoms with van der Waals surface area (Å²) in [6, 6.07) is 25.0. The van der Waals surface area contributed by atoms with Crippen LogP contribution in [0.2, 0.25) is 0 Å². The van der Waals surface area contributed by atoms with Crippen LogP contribution in [0.25, 0.3) is 0 Å². The van der Waals surface area contributed by atoms with Gasteiger partial charge in [-0.05, 0) is 47.4 Å². The molecule has 2 heterocycles. The third-order valence-electron chi connectivity index (χ3n) is 7.31. The van der Waals surface area contributed by atoms with Crippen molar-refractivity contribution in [2.24, 2.45) is 0 Å². The van der Waals surface area contributed by atoms with Crippen molar-refractivity contribution in [3.8, 4) is 0 Å². The summed E-state index contributed by atoms with van der Waals surface area (Å²) in [5, 5.41) is 5.34. The molecule has 0 radical (unpaired) electrons. The fraction of sp³-hybridized carbons (Fsp3) is 0.219. The van der Waals surface area contributed by atoms with Crippen LogP contribution in [0.3, 0.4) is 0 Å². The number of amides is 3. The van der Waals surface area contributed by atoms with Crippen molar-refractivity contribution in [2.75, 3.05) is 26.0 Å². The number of methoxy groups -OCH3 is 1. The first-order chi connectivity index (χ1) is 21.2. The molecule has 10 nitrogen and oxygen atoms in total. The number of fused-ring (bicyclic) bond motifs is 1. The third-order valence-corrected chi connectivity index (χ3v) is 10.3. The second-order valence-electron chi connectivity index (χ2n) is 10.3. The summed E-state index contributed by atoms with van der Waals surface area (Å²) < 4.78 is 32.1. The molecule has 44 heavy (non-hydrogen) atoms.